The van der Waals surface area contributed by atoms with Gasteiger partial charge in [-0.3, -0.25) is 4.79 Å². The van der Waals surface area contributed by atoms with Gasteiger partial charge in [0.25, 0.3) is 0 Å². The normalized spacial score (nSPS) is 10.4. The zero-order valence-electron chi connectivity index (χ0n) is 7.80. The van der Waals surface area contributed by atoms with Crippen molar-refractivity contribution in [1.29, 1.82) is 0 Å². The van der Waals surface area contributed by atoms with Crippen molar-refractivity contribution in [2.75, 3.05) is 11.6 Å². The largest absolute Gasteiger partial charge is 0.481 e. The monoisotopic (exact) mass is 216 g/mol. The van der Waals surface area contributed by atoms with Gasteiger partial charge in [0.1, 0.15) is 0 Å². The second-order valence-corrected chi connectivity index (χ2v) is 3.64. The molecule has 0 aromatic carbocycles. The van der Waals surface area contributed by atoms with Crippen molar-refractivity contribution in [3.8, 4) is 0 Å². The van der Waals surface area contributed by atoms with Gasteiger partial charge in [-0.15, -0.1) is 10.2 Å². The minimum atomic E-state index is -0.893. The zero-order chi connectivity index (χ0) is 10.6. The highest BCUT2D eigenvalue weighted by atomic mass is 32.2. The van der Waals surface area contributed by atoms with E-state index >= 15 is 0 Å². The first-order chi connectivity index (χ1) is 6.65. The number of aryl methyl sites for hydroxylation is 1. The molecule has 0 fully saturated rings. The maximum atomic E-state index is 10.3. The molecule has 0 bridgehead atoms. The highest BCUT2D eigenvalue weighted by Gasteiger charge is 2.10. The second-order valence-electron chi connectivity index (χ2n) is 2.70. The molecule has 0 atom stereocenters. The minimum absolute atomic E-state index is 0.0541. The lowest BCUT2D eigenvalue weighted by atomic mass is 10.3. The number of hydrogen-bond acceptors (Lipinski definition) is 5. The van der Waals surface area contributed by atoms with Gasteiger partial charge in [0.05, 0.1) is 5.75 Å². The summed E-state index contributed by atoms with van der Waals surface area (Å²) < 4.78 is 1.34. The lowest BCUT2D eigenvalue weighted by Crippen LogP contribution is -2.14. The molecular formula is C7H12N4O2S. The number of thioether (sulfide) groups is 1. The van der Waals surface area contributed by atoms with Crippen molar-refractivity contribution < 1.29 is 9.90 Å². The molecule has 0 saturated heterocycles. The van der Waals surface area contributed by atoms with Crippen molar-refractivity contribution in [2.24, 2.45) is 0 Å². The van der Waals surface area contributed by atoms with E-state index in [-0.39, 0.29) is 5.75 Å². The smallest absolute Gasteiger partial charge is 0.313 e. The Kier molecular flexibility index (Phi) is 3.75. The molecule has 0 aliphatic heterocycles. The standard InChI is InChI=1S/C7H12N4O2S/c1-2-3-5-9-10-7(11(5)8)14-4-6(12)13/h2-4,8H2,1H3,(H,12,13). The highest BCUT2D eigenvalue weighted by molar-refractivity contribution is 7.99. The van der Waals surface area contributed by atoms with Crippen LogP contribution >= 0.6 is 11.8 Å². The molecule has 6 nitrogen and oxygen atoms in total. The van der Waals surface area contributed by atoms with E-state index in [1.165, 1.54) is 4.68 Å². The highest BCUT2D eigenvalue weighted by Crippen LogP contribution is 2.14. The van der Waals surface area contributed by atoms with Crippen LogP contribution in [0, 0.1) is 0 Å². The first-order valence-corrected chi connectivity index (χ1v) is 5.17. The van der Waals surface area contributed by atoms with Crippen LogP contribution in [0.4, 0.5) is 0 Å². The average molecular weight is 216 g/mol. The zero-order valence-corrected chi connectivity index (χ0v) is 8.62. The fraction of sp³-hybridized carbons (Fsp3) is 0.571. The molecule has 0 radical (unpaired) electrons. The average Bonchev–Trinajstić information content (AvgIpc) is 2.46. The molecule has 1 aromatic rings. The quantitative estimate of drug-likeness (QED) is 0.536. The van der Waals surface area contributed by atoms with Gasteiger partial charge in [0.2, 0.25) is 5.16 Å². The summed E-state index contributed by atoms with van der Waals surface area (Å²) in [4.78, 5) is 10.3. The summed E-state index contributed by atoms with van der Waals surface area (Å²) in [7, 11) is 0. The number of carboxylic acids is 1. The van der Waals surface area contributed by atoms with Gasteiger partial charge in [0, 0.05) is 6.42 Å². The number of carboxylic acid groups (broad SMARTS) is 1. The summed E-state index contributed by atoms with van der Waals surface area (Å²) in [6.45, 7) is 2.01. The van der Waals surface area contributed by atoms with E-state index in [0.29, 0.717) is 11.0 Å². The maximum Gasteiger partial charge on any atom is 0.313 e. The molecule has 1 rings (SSSR count). The summed E-state index contributed by atoms with van der Waals surface area (Å²) in [5.74, 6) is 5.39. The summed E-state index contributed by atoms with van der Waals surface area (Å²) in [5, 5.41) is 16.5. The first-order valence-electron chi connectivity index (χ1n) is 4.19. The molecular weight excluding hydrogens is 204 g/mol. The number of carbonyl (C=O) groups is 1. The number of nitrogen functional groups attached to an aromatic ring is 1. The summed E-state index contributed by atoms with van der Waals surface area (Å²) in [5.41, 5.74) is 0. The number of aromatic nitrogens is 3. The molecule has 1 heterocycles. The van der Waals surface area contributed by atoms with Crippen LogP contribution in [0.2, 0.25) is 0 Å². The van der Waals surface area contributed by atoms with Crippen LogP contribution in [0.5, 0.6) is 0 Å². The molecule has 0 unspecified atom stereocenters. The van der Waals surface area contributed by atoms with Crippen molar-refractivity contribution in [2.45, 2.75) is 24.9 Å². The van der Waals surface area contributed by atoms with E-state index in [1.54, 1.807) is 0 Å². The molecule has 78 valence electrons. The Bertz CT molecular complexity index is 325. The maximum absolute atomic E-state index is 10.3. The van der Waals surface area contributed by atoms with Crippen LogP contribution in [0.3, 0.4) is 0 Å². The second kappa shape index (κ2) is 4.85. The lowest BCUT2D eigenvalue weighted by Gasteiger charge is -2.00. The van der Waals surface area contributed by atoms with Crippen molar-refractivity contribution in [3.63, 3.8) is 0 Å². The topological polar surface area (TPSA) is 94.0 Å². The van der Waals surface area contributed by atoms with Gasteiger partial charge in [0.15, 0.2) is 5.82 Å². The minimum Gasteiger partial charge on any atom is -0.481 e. The Hall–Kier alpha value is -1.24. The summed E-state index contributed by atoms with van der Waals surface area (Å²) in [6.07, 6.45) is 1.68. The number of aliphatic carboxylic acids is 1. The Morgan fingerprint density at radius 1 is 1.64 bits per heavy atom. The molecule has 14 heavy (non-hydrogen) atoms. The lowest BCUT2D eigenvalue weighted by molar-refractivity contribution is -0.133. The molecule has 0 aliphatic rings. The molecule has 0 amide bonds. The molecule has 0 spiro atoms. The van der Waals surface area contributed by atoms with Crippen molar-refractivity contribution in [1.82, 2.24) is 14.9 Å². The van der Waals surface area contributed by atoms with Gasteiger partial charge in [-0.1, -0.05) is 18.7 Å². The first kappa shape index (κ1) is 10.8. The molecule has 7 heteroatoms. The van der Waals surface area contributed by atoms with Gasteiger partial charge in [-0.25, -0.2) is 4.68 Å². The van der Waals surface area contributed by atoms with E-state index in [2.05, 4.69) is 10.2 Å². The van der Waals surface area contributed by atoms with E-state index in [1.807, 2.05) is 6.92 Å². The van der Waals surface area contributed by atoms with E-state index in [9.17, 15) is 4.79 Å². The number of nitrogens with zero attached hydrogens (tertiary/aromatic N) is 3. The third-order valence-electron chi connectivity index (χ3n) is 1.53. The van der Waals surface area contributed by atoms with Crippen LogP contribution in [-0.2, 0) is 11.2 Å². The summed E-state index contributed by atoms with van der Waals surface area (Å²) >= 11 is 1.07. The van der Waals surface area contributed by atoms with Crippen LogP contribution in [0.25, 0.3) is 0 Å². The van der Waals surface area contributed by atoms with E-state index < -0.39 is 5.97 Å². The summed E-state index contributed by atoms with van der Waals surface area (Å²) in [6, 6.07) is 0. The molecule has 3 N–H and O–H groups in total. The Balaban J connectivity index is 2.64. The third-order valence-corrected chi connectivity index (χ3v) is 2.46. The fourth-order valence-corrected chi connectivity index (χ4v) is 1.52. The predicted molar refractivity (Wildman–Crippen MR) is 52.5 cm³/mol. The van der Waals surface area contributed by atoms with E-state index in [4.69, 9.17) is 10.9 Å². The SMILES string of the molecule is CCCc1nnc(SCC(=O)O)n1N. The fourth-order valence-electron chi connectivity index (χ4n) is 0.926. The van der Waals surface area contributed by atoms with Crippen LogP contribution in [0.15, 0.2) is 5.16 Å². The third kappa shape index (κ3) is 2.63. The molecule has 0 aliphatic carbocycles. The molecule has 0 saturated carbocycles. The Labute approximate surface area is 85.5 Å². The van der Waals surface area contributed by atoms with Crippen LogP contribution in [0.1, 0.15) is 19.2 Å². The molecule has 1 aromatic heterocycles. The van der Waals surface area contributed by atoms with Gasteiger partial charge in [-0.2, -0.15) is 0 Å². The Morgan fingerprint density at radius 2 is 2.36 bits per heavy atom. The van der Waals surface area contributed by atoms with Gasteiger partial charge in [-0.05, 0) is 6.42 Å². The predicted octanol–water partition coefficient (Wildman–Crippen LogP) is 0.121. The Morgan fingerprint density at radius 3 is 2.93 bits per heavy atom. The van der Waals surface area contributed by atoms with Crippen LogP contribution < -0.4 is 5.84 Å². The van der Waals surface area contributed by atoms with E-state index in [0.717, 1.165) is 24.6 Å². The van der Waals surface area contributed by atoms with Gasteiger partial charge < -0.3 is 10.9 Å². The number of nitrogens with two attached hydrogens (primary N) is 1. The van der Waals surface area contributed by atoms with Crippen molar-refractivity contribution in [3.05, 3.63) is 5.82 Å². The van der Waals surface area contributed by atoms with Gasteiger partial charge >= 0.3 is 5.97 Å². The van der Waals surface area contributed by atoms with Crippen LogP contribution in [-0.4, -0.2) is 31.7 Å². The number of rotatable bonds is 5. The number of hydrogen-bond donors (Lipinski definition) is 2. The van der Waals surface area contributed by atoms with Crippen molar-refractivity contribution >= 4 is 17.7 Å².